The van der Waals surface area contributed by atoms with Gasteiger partial charge in [-0.05, 0) is 9.91 Å². The molecule has 0 aliphatic heterocycles. The van der Waals surface area contributed by atoms with E-state index in [1.165, 1.54) is 12.3 Å². The average molecular weight is 153 g/mol. The number of aromatic nitrogens is 2. The van der Waals surface area contributed by atoms with Crippen LogP contribution in [0.15, 0.2) is 12.3 Å². The highest BCUT2D eigenvalue weighted by atomic mass is 16.6. The van der Waals surface area contributed by atoms with E-state index in [2.05, 4.69) is 9.97 Å². The Morgan fingerprint density at radius 3 is 3.00 bits per heavy atom. The zero-order valence-electron chi connectivity index (χ0n) is 6.02. The Labute approximate surface area is 63.3 Å². The third kappa shape index (κ3) is 1.70. The maximum Gasteiger partial charge on any atom is 0.367 e. The molecule has 0 radical (unpaired) electrons. The van der Waals surface area contributed by atoms with Crippen molar-refractivity contribution in [3.05, 3.63) is 28.2 Å². The van der Waals surface area contributed by atoms with Crippen molar-refractivity contribution in [1.29, 1.82) is 0 Å². The summed E-state index contributed by atoms with van der Waals surface area (Å²) in [6.45, 7) is 1.85. The second kappa shape index (κ2) is 3.05. The monoisotopic (exact) mass is 153 g/mol. The molecule has 0 saturated carbocycles. The Balaban J connectivity index is 3.01. The standard InChI is InChI=1S/C6H7N3O2/c1-2-5-7-4-3-6(8-5)9(10)11/h3-4H,2H2,1H3. The van der Waals surface area contributed by atoms with Crippen LogP contribution in [0.2, 0.25) is 0 Å². The smallest absolute Gasteiger partial charge is 0.358 e. The highest BCUT2D eigenvalue weighted by molar-refractivity contribution is 5.15. The van der Waals surface area contributed by atoms with Gasteiger partial charge >= 0.3 is 5.82 Å². The first-order valence-corrected chi connectivity index (χ1v) is 3.20. The fourth-order valence-electron chi connectivity index (χ4n) is 0.660. The van der Waals surface area contributed by atoms with Gasteiger partial charge in [0.2, 0.25) is 5.82 Å². The van der Waals surface area contributed by atoms with Gasteiger partial charge in [-0.1, -0.05) is 6.92 Å². The minimum absolute atomic E-state index is 0.142. The third-order valence-electron chi connectivity index (χ3n) is 1.19. The largest absolute Gasteiger partial charge is 0.367 e. The Morgan fingerprint density at radius 2 is 2.45 bits per heavy atom. The number of nitro groups is 1. The van der Waals surface area contributed by atoms with Gasteiger partial charge in [-0.15, -0.1) is 0 Å². The van der Waals surface area contributed by atoms with E-state index in [1.54, 1.807) is 0 Å². The molecule has 5 heteroatoms. The Bertz CT molecular complexity index is 274. The van der Waals surface area contributed by atoms with Gasteiger partial charge in [0.05, 0.1) is 6.07 Å². The molecule has 0 aliphatic rings. The van der Waals surface area contributed by atoms with E-state index in [9.17, 15) is 10.1 Å². The van der Waals surface area contributed by atoms with E-state index in [1.807, 2.05) is 6.92 Å². The van der Waals surface area contributed by atoms with E-state index in [0.29, 0.717) is 12.2 Å². The number of aryl methyl sites for hydroxylation is 1. The Hall–Kier alpha value is -1.52. The molecule has 0 aromatic carbocycles. The summed E-state index contributed by atoms with van der Waals surface area (Å²) in [5, 5.41) is 10.2. The van der Waals surface area contributed by atoms with Crippen molar-refractivity contribution in [2.24, 2.45) is 0 Å². The lowest BCUT2D eigenvalue weighted by atomic mass is 10.4. The fourth-order valence-corrected chi connectivity index (χ4v) is 0.660. The van der Waals surface area contributed by atoms with E-state index in [-0.39, 0.29) is 5.82 Å². The SMILES string of the molecule is CCc1nccc([N+](=O)[O-])n1. The van der Waals surface area contributed by atoms with Crippen LogP contribution in [0.3, 0.4) is 0 Å². The molecule has 11 heavy (non-hydrogen) atoms. The second-order valence-corrected chi connectivity index (χ2v) is 1.94. The molecule has 1 rings (SSSR count). The van der Waals surface area contributed by atoms with Crippen LogP contribution in [-0.2, 0) is 6.42 Å². The van der Waals surface area contributed by atoms with Crippen LogP contribution >= 0.6 is 0 Å². The van der Waals surface area contributed by atoms with E-state index in [4.69, 9.17) is 0 Å². The summed E-state index contributed by atoms with van der Waals surface area (Å²) in [7, 11) is 0. The maximum absolute atomic E-state index is 10.2. The first-order chi connectivity index (χ1) is 5.24. The minimum atomic E-state index is -0.527. The molecule has 5 nitrogen and oxygen atoms in total. The Morgan fingerprint density at radius 1 is 1.73 bits per heavy atom. The molecule has 0 N–H and O–H groups in total. The normalized spacial score (nSPS) is 9.55. The molecule has 0 aliphatic carbocycles. The topological polar surface area (TPSA) is 68.9 Å². The number of rotatable bonds is 2. The quantitative estimate of drug-likeness (QED) is 0.468. The second-order valence-electron chi connectivity index (χ2n) is 1.94. The lowest BCUT2D eigenvalue weighted by molar-refractivity contribution is -0.389. The summed E-state index contributed by atoms with van der Waals surface area (Å²) < 4.78 is 0. The van der Waals surface area contributed by atoms with Gasteiger partial charge in [0.1, 0.15) is 0 Å². The van der Waals surface area contributed by atoms with Crippen LogP contribution in [0.1, 0.15) is 12.7 Å². The van der Waals surface area contributed by atoms with Crippen LogP contribution in [0.4, 0.5) is 5.82 Å². The predicted molar refractivity (Wildman–Crippen MR) is 38.1 cm³/mol. The lowest BCUT2D eigenvalue weighted by Crippen LogP contribution is -1.97. The summed E-state index contributed by atoms with van der Waals surface area (Å²) in [5.74, 6) is 0.357. The summed E-state index contributed by atoms with van der Waals surface area (Å²) in [5.41, 5.74) is 0. The van der Waals surface area contributed by atoms with E-state index >= 15 is 0 Å². The van der Waals surface area contributed by atoms with Crippen LogP contribution in [0.5, 0.6) is 0 Å². The molecule has 0 amide bonds. The summed E-state index contributed by atoms with van der Waals surface area (Å²) >= 11 is 0. The van der Waals surface area contributed by atoms with Crippen molar-refractivity contribution in [3.8, 4) is 0 Å². The molecule has 58 valence electrons. The summed E-state index contributed by atoms with van der Waals surface area (Å²) in [6.07, 6.45) is 2.01. The predicted octanol–water partition coefficient (Wildman–Crippen LogP) is 0.947. The van der Waals surface area contributed by atoms with E-state index < -0.39 is 4.92 Å². The minimum Gasteiger partial charge on any atom is -0.358 e. The molecular formula is C6H7N3O2. The van der Waals surface area contributed by atoms with Crippen LogP contribution < -0.4 is 0 Å². The summed E-state index contributed by atoms with van der Waals surface area (Å²) in [6, 6.07) is 1.28. The molecule has 0 spiro atoms. The molecule has 0 fully saturated rings. The van der Waals surface area contributed by atoms with Gasteiger partial charge in [0.15, 0.2) is 0 Å². The van der Waals surface area contributed by atoms with Crippen molar-refractivity contribution in [2.75, 3.05) is 0 Å². The third-order valence-corrected chi connectivity index (χ3v) is 1.19. The first-order valence-electron chi connectivity index (χ1n) is 3.20. The van der Waals surface area contributed by atoms with Crippen molar-refractivity contribution in [2.45, 2.75) is 13.3 Å². The molecule has 0 bridgehead atoms. The van der Waals surface area contributed by atoms with Crippen LogP contribution in [-0.4, -0.2) is 14.9 Å². The molecule has 0 unspecified atom stereocenters. The molecule has 1 heterocycles. The van der Waals surface area contributed by atoms with Crippen molar-refractivity contribution in [1.82, 2.24) is 9.97 Å². The zero-order chi connectivity index (χ0) is 8.27. The highest BCUT2D eigenvalue weighted by Gasteiger charge is 2.07. The van der Waals surface area contributed by atoms with E-state index in [0.717, 1.165) is 0 Å². The van der Waals surface area contributed by atoms with Gasteiger partial charge < -0.3 is 10.1 Å². The van der Waals surface area contributed by atoms with Crippen LogP contribution in [0.25, 0.3) is 0 Å². The Kier molecular flexibility index (Phi) is 2.10. The molecule has 1 aromatic heterocycles. The van der Waals surface area contributed by atoms with Gasteiger partial charge in [-0.3, -0.25) is 0 Å². The van der Waals surface area contributed by atoms with Gasteiger partial charge in [-0.2, -0.15) is 0 Å². The van der Waals surface area contributed by atoms with Crippen LogP contribution in [0, 0.1) is 10.1 Å². The number of nitrogens with zero attached hydrogens (tertiary/aromatic N) is 3. The van der Waals surface area contributed by atoms with Gasteiger partial charge in [0, 0.05) is 12.6 Å². The van der Waals surface area contributed by atoms with Crippen molar-refractivity contribution >= 4 is 5.82 Å². The average Bonchev–Trinajstić information content (AvgIpc) is 2.05. The first kappa shape index (κ1) is 7.59. The maximum atomic E-state index is 10.2. The summed E-state index contributed by atoms with van der Waals surface area (Å²) in [4.78, 5) is 17.2. The lowest BCUT2D eigenvalue weighted by Gasteiger charge is -1.91. The molecule has 0 saturated heterocycles. The zero-order valence-corrected chi connectivity index (χ0v) is 6.02. The highest BCUT2D eigenvalue weighted by Crippen LogP contribution is 2.04. The number of hydrogen-bond donors (Lipinski definition) is 0. The van der Waals surface area contributed by atoms with Gasteiger partial charge in [-0.25, -0.2) is 4.98 Å². The fraction of sp³-hybridized carbons (Fsp3) is 0.333. The van der Waals surface area contributed by atoms with Crippen molar-refractivity contribution < 1.29 is 4.92 Å². The van der Waals surface area contributed by atoms with Gasteiger partial charge in [0.25, 0.3) is 0 Å². The molecule has 1 aromatic rings. The number of hydrogen-bond acceptors (Lipinski definition) is 4. The molecular weight excluding hydrogens is 146 g/mol. The van der Waals surface area contributed by atoms with Crippen molar-refractivity contribution in [3.63, 3.8) is 0 Å². The molecule has 0 atom stereocenters.